The van der Waals surface area contributed by atoms with Crippen LogP contribution in [0.5, 0.6) is 0 Å². The number of nitrogens with zero attached hydrogens (tertiary/aromatic N) is 1. The Morgan fingerprint density at radius 1 is 0.421 bits per heavy atom. The number of anilines is 3. The quantitative estimate of drug-likeness (QED) is 0.203. The molecule has 1 aromatic heterocycles. The van der Waals surface area contributed by atoms with Crippen LogP contribution in [0.1, 0.15) is 0 Å². The lowest BCUT2D eigenvalue weighted by Crippen LogP contribution is -2.15. The summed E-state index contributed by atoms with van der Waals surface area (Å²) in [6.07, 6.45) is 0. The van der Waals surface area contributed by atoms with Crippen molar-refractivity contribution in [1.29, 1.82) is 0 Å². The van der Waals surface area contributed by atoms with Gasteiger partial charge in [0.25, 0.3) is 0 Å². The Kier molecular flexibility index (Phi) is 3.99. The molecular formula is C36H21NS. The number of para-hydroxylation sites is 1. The molecule has 0 fully saturated rings. The first kappa shape index (κ1) is 20.4. The second kappa shape index (κ2) is 7.44. The van der Waals surface area contributed by atoms with Gasteiger partial charge in [-0.1, -0.05) is 97.1 Å². The van der Waals surface area contributed by atoms with Crippen molar-refractivity contribution in [2.75, 3.05) is 4.90 Å². The van der Waals surface area contributed by atoms with Crippen molar-refractivity contribution in [3.05, 3.63) is 127 Å². The third kappa shape index (κ3) is 2.65. The number of hydrogen-bond acceptors (Lipinski definition) is 2. The molecule has 9 rings (SSSR count). The maximum absolute atomic E-state index is 2.48. The molecule has 2 heteroatoms. The molecule has 0 radical (unpaired) electrons. The van der Waals surface area contributed by atoms with E-state index in [2.05, 4.69) is 132 Å². The van der Waals surface area contributed by atoms with Crippen molar-refractivity contribution < 1.29 is 0 Å². The predicted molar refractivity (Wildman–Crippen MR) is 166 cm³/mol. The van der Waals surface area contributed by atoms with Crippen molar-refractivity contribution >= 4 is 80.9 Å². The maximum atomic E-state index is 2.48. The molecule has 0 saturated carbocycles. The second-order valence-electron chi connectivity index (χ2n) is 10.1. The molecule has 0 N–H and O–H groups in total. The Morgan fingerprint density at radius 3 is 2.13 bits per heavy atom. The summed E-state index contributed by atoms with van der Waals surface area (Å²) in [5.74, 6) is 0. The van der Waals surface area contributed by atoms with E-state index in [9.17, 15) is 0 Å². The third-order valence-electron chi connectivity index (χ3n) is 8.14. The first-order valence-corrected chi connectivity index (χ1v) is 13.8. The molecule has 0 amide bonds. The molecule has 0 unspecified atom stereocenters. The topological polar surface area (TPSA) is 3.24 Å². The van der Waals surface area contributed by atoms with Gasteiger partial charge in [-0.15, -0.1) is 11.3 Å². The first-order chi connectivity index (χ1) is 18.8. The van der Waals surface area contributed by atoms with Crippen LogP contribution in [-0.2, 0) is 0 Å². The van der Waals surface area contributed by atoms with Gasteiger partial charge in [0.15, 0.2) is 0 Å². The number of rotatable bonds is 1. The van der Waals surface area contributed by atoms with Crippen molar-refractivity contribution in [1.82, 2.24) is 0 Å². The summed E-state index contributed by atoms with van der Waals surface area (Å²) in [5, 5.41) is 10.5. The average molecular weight is 500 g/mol. The fraction of sp³-hybridized carbons (Fsp3) is 0. The van der Waals surface area contributed by atoms with Gasteiger partial charge in [0.05, 0.1) is 11.4 Å². The minimum atomic E-state index is 1.19. The first-order valence-electron chi connectivity index (χ1n) is 13.0. The number of fused-ring (bicyclic) bond motifs is 9. The molecule has 8 aromatic rings. The van der Waals surface area contributed by atoms with E-state index < -0.39 is 0 Å². The van der Waals surface area contributed by atoms with E-state index in [-0.39, 0.29) is 0 Å². The van der Waals surface area contributed by atoms with Crippen LogP contribution in [0.2, 0.25) is 0 Å². The second-order valence-corrected chi connectivity index (χ2v) is 11.2. The standard InChI is InChI=1S/C36H21NS/c1-2-9-25-22(8-1)16-17-23-20-24(18-19-26(23)25)37-31-14-5-3-10-27(31)28-12-7-13-30-35(28)32(37)21-34-36(30)29-11-4-6-15-33(29)38-34/h1-21H. The molecule has 7 aromatic carbocycles. The van der Waals surface area contributed by atoms with Crippen molar-refractivity contribution in [3.63, 3.8) is 0 Å². The van der Waals surface area contributed by atoms with Crippen LogP contribution in [0.4, 0.5) is 17.1 Å². The minimum absolute atomic E-state index is 1.19. The third-order valence-corrected chi connectivity index (χ3v) is 9.26. The van der Waals surface area contributed by atoms with Crippen LogP contribution in [0.15, 0.2) is 127 Å². The van der Waals surface area contributed by atoms with Crippen LogP contribution in [0.3, 0.4) is 0 Å². The number of thiophene rings is 1. The molecule has 0 atom stereocenters. The lowest BCUT2D eigenvalue weighted by Gasteiger charge is -2.34. The lowest BCUT2D eigenvalue weighted by atomic mass is 9.89. The van der Waals surface area contributed by atoms with E-state index >= 15 is 0 Å². The molecule has 1 aliphatic rings. The summed E-state index contributed by atoms with van der Waals surface area (Å²) >= 11 is 1.89. The SMILES string of the molecule is c1ccc2c(c1)-c1cccc3c1c(cc1sc4ccccc4c13)N2c1ccc2c(ccc3ccccc32)c1. The van der Waals surface area contributed by atoms with Crippen LogP contribution >= 0.6 is 11.3 Å². The fourth-order valence-corrected chi connectivity index (χ4v) is 7.68. The lowest BCUT2D eigenvalue weighted by molar-refractivity contribution is 1.30. The molecule has 1 aliphatic heterocycles. The molecule has 0 bridgehead atoms. The normalized spacial score (nSPS) is 12.7. The molecule has 1 nitrogen and oxygen atoms in total. The summed E-state index contributed by atoms with van der Waals surface area (Å²) < 4.78 is 2.68. The predicted octanol–water partition coefficient (Wildman–Crippen LogP) is 11.0. The Bertz CT molecular complexity index is 2250. The summed E-state index contributed by atoms with van der Waals surface area (Å²) in [6, 6.07) is 47.0. The molecule has 2 heterocycles. The van der Waals surface area contributed by atoms with E-state index in [1.54, 1.807) is 0 Å². The van der Waals surface area contributed by atoms with E-state index in [1.165, 1.54) is 80.7 Å². The highest BCUT2D eigenvalue weighted by Gasteiger charge is 2.27. The van der Waals surface area contributed by atoms with Crippen molar-refractivity contribution in [3.8, 4) is 11.1 Å². The van der Waals surface area contributed by atoms with E-state index in [0.29, 0.717) is 0 Å². The van der Waals surface area contributed by atoms with Crippen molar-refractivity contribution in [2.24, 2.45) is 0 Å². The van der Waals surface area contributed by atoms with Gasteiger partial charge in [0.2, 0.25) is 0 Å². The number of benzene rings is 7. The minimum Gasteiger partial charge on any atom is -0.309 e. The zero-order valence-electron chi connectivity index (χ0n) is 20.5. The van der Waals surface area contributed by atoms with Crippen LogP contribution in [0.25, 0.3) is 63.6 Å². The van der Waals surface area contributed by atoms with Gasteiger partial charge in [-0.3, -0.25) is 0 Å². The molecular weight excluding hydrogens is 478 g/mol. The summed E-state index contributed by atoms with van der Waals surface area (Å²) in [7, 11) is 0. The number of hydrogen-bond donors (Lipinski definition) is 0. The fourth-order valence-electron chi connectivity index (χ4n) is 6.52. The summed E-state index contributed by atoms with van der Waals surface area (Å²) in [5.41, 5.74) is 6.27. The highest BCUT2D eigenvalue weighted by Crippen LogP contribution is 2.54. The monoisotopic (exact) mass is 499 g/mol. The Balaban J connectivity index is 1.40. The molecule has 0 aliphatic carbocycles. The smallest absolute Gasteiger partial charge is 0.0561 e. The highest BCUT2D eigenvalue weighted by molar-refractivity contribution is 7.26. The zero-order valence-corrected chi connectivity index (χ0v) is 21.3. The maximum Gasteiger partial charge on any atom is 0.0561 e. The molecule has 0 spiro atoms. The van der Waals surface area contributed by atoms with Gasteiger partial charge < -0.3 is 4.90 Å². The molecule has 176 valence electrons. The van der Waals surface area contributed by atoms with Crippen molar-refractivity contribution in [2.45, 2.75) is 0 Å². The van der Waals surface area contributed by atoms with Gasteiger partial charge >= 0.3 is 0 Å². The van der Waals surface area contributed by atoms with Gasteiger partial charge in [0, 0.05) is 36.8 Å². The van der Waals surface area contributed by atoms with Crippen LogP contribution < -0.4 is 4.90 Å². The zero-order chi connectivity index (χ0) is 24.8. The van der Waals surface area contributed by atoms with E-state index in [1.807, 2.05) is 11.3 Å². The Labute approximate surface area is 223 Å². The van der Waals surface area contributed by atoms with Crippen LogP contribution in [0, 0.1) is 0 Å². The Morgan fingerprint density at radius 2 is 1.16 bits per heavy atom. The van der Waals surface area contributed by atoms with Gasteiger partial charge in [-0.05, 0) is 62.8 Å². The summed E-state index contributed by atoms with van der Waals surface area (Å²) in [6.45, 7) is 0. The van der Waals surface area contributed by atoms with Crippen LogP contribution in [-0.4, -0.2) is 0 Å². The highest BCUT2D eigenvalue weighted by atomic mass is 32.1. The van der Waals surface area contributed by atoms with E-state index in [0.717, 1.165) is 0 Å². The van der Waals surface area contributed by atoms with Gasteiger partial charge in [-0.25, -0.2) is 0 Å². The summed E-state index contributed by atoms with van der Waals surface area (Å²) in [4.78, 5) is 2.48. The Hall–Kier alpha value is -4.66. The molecule has 0 saturated heterocycles. The largest absolute Gasteiger partial charge is 0.309 e. The van der Waals surface area contributed by atoms with Gasteiger partial charge in [0.1, 0.15) is 0 Å². The molecule has 38 heavy (non-hydrogen) atoms. The van der Waals surface area contributed by atoms with Gasteiger partial charge in [-0.2, -0.15) is 0 Å². The average Bonchev–Trinajstić information content (AvgIpc) is 3.36. The van der Waals surface area contributed by atoms with E-state index in [4.69, 9.17) is 0 Å².